The SMILES string of the molecule is COC(=O)C1=C(O)CCN(CCCOc2cccc(C(F)(F)F)c2)C1. The van der Waals surface area contributed by atoms with Crippen molar-refractivity contribution in [2.75, 3.05) is 33.4 Å². The van der Waals surface area contributed by atoms with E-state index in [1.54, 1.807) is 0 Å². The summed E-state index contributed by atoms with van der Waals surface area (Å²) < 4.78 is 47.9. The second-order valence-corrected chi connectivity index (χ2v) is 5.67. The van der Waals surface area contributed by atoms with E-state index < -0.39 is 17.7 Å². The molecule has 0 atom stereocenters. The van der Waals surface area contributed by atoms with Crippen molar-refractivity contribution in [1.29, 1.82) is 0 Å². The summed E-state index contributed by atoms with van der Waals surface area (Å²) in [6, 6.07) is 4.75. The fraction of sp³-hybridized carbons (Fsp3) is 0.471. The molecule has 0 aromatic heterocycles. The van der Waals surface area contributed by atoms with Gasteiger partial charge in [0, 0.05) is 26.1 Å². The Bertz CT molecular complexity index is 643. The third-order valence-corrected chi connectivity index (χ3v) is 3.88. The Labute approximate surface area is 143 Å². The number of methoxy groups -OCH3 is 1. The van der Waals surface area contributed by atoms with Crippen LogP contribution in [0.15, 0.2) is 35.6 Å². The normalized spacial score (nSPS) is 16.0. The van der Waals surface area contributed by atoms with E-state index in [9.17, 15) is 23.1 Å². The van der Waals surface area contributed by atoms with Crippen molar-refractivity contribution in [3.63, 3.8) is 0 Å². The number of nitrogens with zero attached hydrogens (tertiary/aromatic N) is 1. The summed E-state index contributed by atoms with van der Waals surface area (Å²) in [5, 5.41) is 9.74. The summed E-state index contributed by atoms with van der Waals surface area (Å²) in [6.07, 6.45) is -3.46. The Morgan fingerprint density at radius 3 is 2.80 bits per heavy atom. The van der Waals surface area contributed by atoms with Crippen molar-refractivity contribution >= 4 is 5.97 Å². The van der Waals surface area contributed by atoms with Crippen LogP contribution in [-0.2, 0) is 15.7 Å². The number of benzene rings is 1. The molecule has 5 nitrogen and oxygen atoms in total. The van der Waals surface area contributed by atoms with E-state index in [0.717, 1.165) is 12.1 Å². The van der Waals surface area contributed by atoms with Gasteiger partial charge < -0.3 is 14.6 Å². The average Bonchev–Trinajstić information content (AvgIpc) is 2.59. The topological polar surface area (TPSA) is 59.0 Å². The number of aliphatic hydroxyl groups excluding tert-OH is 1. The lowest BCUT2D eigenvalue weighted by molar-refractivity contribution is -0.138. The van der Waals surface area contributed by atoms with E-state index in [1.165, 1.54) is 19.2 Å². The Kier molecular flexibility index (Phi) is 6.30. The number of carbonyl (C=O) groups is 1. The summed E-state index contributed by atoms with van der Waals surface area (Å²) in [7, 11) is 1.25. The van der Waals surface area contributed by atoms with E-state index in [4.69, 9.17) is 4.74 Å². The molecule has 1 aromatic carbocycles. The Morgan fingerprint density at radius 1 is 1.36 bits per heavy atom. The van der Waals surface area contributed by atoms with Gasteiger partial charge in [0.1, 0.15) is 11.5 Å². The highest BCUT2D eigenvalue weighted by Crippen LogP contribution is 2.31. The molecule has 0 amide bonds. The van der Waals surface area contributed by atoms with Gasteiger partial charge in [0.25, 0.3) is 0 Å². The number of rotatable bonds is 6. The highest BCUT2D eigenvalue weighted by molar-refractivity contribution is 5.89. The summed E-state index contributed by atoms with van der Waals surface area (Å²) in [6.45, 7) is 1.71. The number of alkyl halides is 3. The van der Waals surface area contributed by atoms with E-state index in [1.807, 2.05) is 4.90 Å². The fourth-order valence-electron chi connectivity index (χ4n) is 2.55. The van der Waals surface area contributed by atoms with E-state index in [-0.39, 0.29) is 30.2 Å². The largest absolute Gasteiger partial charge is 0.512 e. The smallest absolute Gasteiger partial charge is 0.416 e. The van der Waals surface area contributed by atoms with Gasteiger partial charge in [-0.25, -0.2) is 4.79 Å². The van der Waals surface area contributed by atoms with Gasteiger partial charge in [0.2, 0.25) is 0 Å². The van der Waals surface area contributed by atoms with E-state index >= 15 is 0 Å². The monoisotopic (exact) mass is 359 g/mol. The van der Waals surface area contributed by atoms with Crippen LogP contribution in [0.5, 0.6) is 5.75 Å². The van der Waals surface area contributed by atoms with Crippen LogP contribution >= 0.6 is 0 Å². The first-order valence-corrected chi connectivity index (χ1v) is 7.83. The molecule has 1 heterocycles. The molecule has 1 aliphatic heterocycles. The van der Waals surface area contributed by atoms with Crippen molar-refractivity contribution in [3.05, 3.63) is 41.2 Å². The predicted molar refractivity (Wildman–Crippen MR) is 84.3 cm³/mol. The van der Waals surface area contributed by atoms with Gasteiger partial charge in [-0.3, -0.25) is 4.90 Å². The van der Waals surface area contributed by atoms with Gasteiger partial charge >= 0.3 is 12.1 Å². The summed E-state index contributed by atoms with van der Waals surface area (Å²) in [5.41, 5.74) is -0.503. The number of esters is 1. The maximum absolute atomic E-state index is 12.6. The molecule has 1 aliphatic rings. The highest BCUT2D eigenvalue weighted by atomic mass is 19.4. The molecular weight excluding hydrogens is 339 g/mol. The Hall–Kier alpha value is -2.22. The molecule has 0 spiro atoms. The maximum Gasteiger partial charge on any atom is 0.416 e. The van der Waals surface area contributed by atoms with Gasteiger partial charge in [-0.05, 0) is 24.6 Å². The van der Waals surface area contributed by atoms with Crippen LogP contribution in [0.1, 0.15) is 18.4 Å². The quantitative estimate of drug-likeness (QED) is 0.625. The zero-order valence-corrected chi connectivity index (χ0v) is 13.8. The zero-order chi connectivity index (χ0) is 18.4. The molecule has 0 fully saturated rings. The second-order valence-electron chi connectivity index (χ2n) is 5.67. The predicted octanol–water partition coefficient (Wildman–Crippen LogP) is 3.17. The molecule has 8 heteroatoms. The number of halogens is 3. The number of ether oxygens (including phenoxy) is 2. The molecule has 2 rings (SSSR count). The highest BCUT2D eigenvalue weighted by Gasteiger charge is 2.30. The van der Waals surface area contributed by atoms with Crippen LogP contribution in [0.2, 0.25) is 0 Å². The lowest BCUT2D eigenvalue weighted by Gasteiger charge is -2.27. The standard InChI is InChI=1S/C17H20F3NO4/c1-24-16(23)14-11-21(8-6-15(14)22)7-3-9-25-13-5-2-4-12(10-13)17(18,19)20/h2,4-5,10,22H,3,6-9,11H2,1H3. The Morgan fingerprint density at radius 2 is 2.12 bits per heavy atom. The molecule has 1 aromatic rings. The van der Waals surface area contributed by atoms with Crippen LogP contribution in [0, 0.1) is 0 Å². The number of hydrogen-bond acceptors (Lipinski definition) is 5. The van der Waals surface area contributed by atoms with Crippen molar-refractivity contribution in [3.8, 4) is 5.75 Å². The lowest BCUT2D eigenvalue weighted by atomic mass is 10.1. The van der Waals surface area contributed by atoms with Crippen LogP contribution < -0.4 is 4.74 Å². The number of aliphatic hydroxyl groups is 1. The first-order chi connectivity index (χ1) is 11.8. The third kappa shape index (κ3) is 5.38. The lowest BCUT2D eigenvalue weighted by Crippen LogP contribution is -2.35. The number of hydrogen-bond donors (Lipinski definition) is 1. The van der Waals surface area contributed by atoms with Crippen LogP contribution in [0.3, 0.4) is 0 Å². The van der Waals surface area contributed by atoms with Gasteiger partial charge in [-0.15, -0.1) is 0 Å². The third-order valence-electron chi connectivity index (χ3n) is 3.88. The summed E-state index contributed by atoms with van der Waals surface area (Å²) >= 11 is 0. The van der Waals surface area contributed by atoms with Gasteiger partial charge in [0.15, 0.2) is 0 Å². The molecule has 0 saturated carbocycles. The molecule has 0 radical (unpaired) electrons. The molecule has 0 unspecified atom stereocenters. The van der Waals surface area contributed by atoms with Crippen molar-refractivity contribution in [2.45, 2.75) is 19.0 Å². The molecule has 1 N–H and O–H groups in total. The minimum Gasteiger partial charge on any atom is -0.512 e. The second kappa shape index (κ2) is 8.24. The minimum absolute atomic E-state index is 0.0447. The molecule has 138 valence electrons. The first-order valence-electron chi connectivity index (χ1n) is 7.83. The van der Waals surface area contributed by atoms with Crippen LogP contribution in [0.25, 0.3) is 0 Å². The van der Waals surface area contributed by atoms with Crippen molar-refractivity contribution in [1.82, 2.24) is 4.90 Å². The molecule has 0 bridgehead atoms. The Balaban J connectivity index is 1.80. The average molecular weight is 359 g/mol. The molecule has 0 saturated heterocycles. The van der Waals surface area contributed by atoms with Crippen LogP contribution in [0.4, 0.5) is 13.2 Å². The molecular formula is C17H20F3NO4. The number of carbonyl (C=O) groups excluding carboxylic acids is 1. The first kappa shape index (κ1) is 19.1. The molecule has 25 heavy (non-hydrogen) atoms. The van der Waals surface area contributed by atoms with Gasteiger partial charge in [0.05, 0.1) is 24.9 Å². The summed E-state index contributed by atoms with van der Waals surface area (Å²) in [5.74, 6) is -0.341. The fourth-order valence-corrected chi connectivity index (χ4v) is 2.55. The van der Waals surface area contributed by atoms with Crippen molar-refractivity contribution < 1.29 is 32.5 Å². The van der Waals surface area contributed by atoms with Gasteiger partial charge in [-0.2, -0.15) is 13.2 Å². The zero-order valence-electron chi connectivity index (χ0n) is 13.8. The van der Waals surface area contributed by atoms with Gasteiger partial charge in [-0.1, -0.05) is 6.07 Å². The van der Waals surface area contributed by atoms with Crippen molar-refractivity contribution in [2.24, 2.45) is 0 Å². The summed E-state index contributed by atoms with van der Waals surface area (Å²) in [4.78, 5) is 13.5. The van der Waals surface area contributed by atoms with E-state index in [2.05, 4.69) is 4.74 Å². The molecule has 0 aliphatic carbocycles. The van der Waals surface area contributed by atoms with Crippen LogP contribution in [-0.4, -0.2) is 49.3 Å². The minimum atomic E-state index is -4.40. The maximum atomic E-state index is 12.6. The van der Waals surface area contributed by atoms with E-state index in [0.29, 0.717) is 25.9 Å².